The lowest BCUT2D eigenvalue weighted by molar-refractivity contribution is -0.136. The second-order valence-electron chi connectivity index (χ2n) is 3.30. The van der Waals surface area contributed by atoms with Crippen molar-refractivity contribution in [2.45, 2.75) is 6.42 Å². The molecule has 1 aromatic rings. The minimum atomic E-state index is -0.868. The van der Waals surface area contributed by atoms with Crippen LogP contribution in [0.15, 0.2) is 30.3 Å². The van der Waals surface area contributed by atoms with Gasteiger partial charge in [-0.1, -0.05) is 24.3 Å². The zero-order valence-electron chi connectivity index (χ0n) is 9.02. The number of aliphatic carboxylic acids is 1. The van der Waals surface area contributed by atoms with Crippen molar-refractivity contribution in [1.82, 2.24) is 0 Å². The van der Waals surface area contributed by atoms with E-state index >= 15 is 0 Å². The van der Waals surface area contributed by atoms with Crippen LogP contribution in [0.3, 0.4) is 0 Å². The van der Waals surface area contributed by atoms with Gasteiger partial charge in [0.05, 0.1) is 6.42 Å². The molecule has 0 aliphatic carbocycles. The van der Waals surface area contributed by atoms with Crippen LogP contribution in [0, 0.1) is 0 Å². The molecule has 90 valence electrons. The predicted molar refractivity (Wildman–Crippen MR) is 67.1 cm³/mol. The number of alkyl halides is 1. The minimum Gasteiger partial charge on any atom is -0.481 e. The first kappa shape index (κ1) is 13.3. The summed E-state index contributed by atoms with van der Waals surface area (Å²) in [7, 11) is 0. The molecule has 0 radical (unpaired) electrons. The monoisotopic (exact) mass is 253 g/mol. The van der Waals surface area contributed by atoms with Crippen molar-refractivity contribution in [2.75, 3.05) is 11.2 Å². The first-order valence-electron chi connectivity index (χ1n) is 4.96. The molecule has 5 heteroatoms. The Kier molecular flexibility index (Phi) is 5.23. The number of hydrogen-bond donors (Lipinski definition) is 2. The Morgan fingerprint density at radius 2 is 1.94 bits per heavy atom. The van der Waals surface area contributed by atoms with Crippen LogP contribution in [0.1, 0.15) is 12.0 Å². The van der Waals surface area contributed by atoms with Gasteiger partial charge in [-0.3, -0.25) is 9.59 Å². The molecule has 0 saturated heterocycles. The zero-order chi connectivity index (χ0) is 12.7. The Morgan fingerprint density at radius 3 is 2.47 bits per heavy atom. The van der Waals surface area contributed by atoms with E-state index in [0.29, 0.717) is 5.69 Å². The van der Waals surface area contributed by atoms with E-state index in [0.717, 1.165) is 5.56 Å². The average molecular weight is 254 g/mol. The van der Waals surface area contributed by atoms with E-state index in [-0.39, 0.29) is 18.2 Å². The van der Waals surface area contributed by atoms with Crippen LogP contribution in [0.4, 0.5) is 5.69 Å². The Hall–Kier alpha value is -1.81. The Morgan fingerprint density at radius 1 is 1.29 bits per heavy atom. The molecule has 1 amide bonds. The summed E-state index contributed by atoms with van der Waals surface area (Å²) in [6, 6.07) is 7.01. The summed E-state index contributed by atoms with van der Waals surface area (Å²) >= 11 is 5.35. The van der Waals surface area contributed by atoms with E-state index in [1.54, 1.807) is 36.4 Å². The van der Waals surface area contributed by atoms with E-state index in [2.05, 4.69) is 5.32 Å². The fraction of sp³-hybridized carbons (Fsp3) is 0.167. The topological polar surface area (TPSA) is 66.4 Å². The molecule has 0 atom stereocenters. The first-order chi connectivity index (χ1) is 8.11. The molecule has 0 fully saturated rings. The predicted octanol–water partition coefficient (Wildman–Crippen LogP) is 2.35. The lowest BCUT2D eigenvalue weighted by Crippen LogP contribution is -2.12. The van der Waals surface area contributed by atoms with Crippen LogP contribution in [0.5, 0.6) is 0 Å². The van der Waals surface area contributed by atoms with Crippen molar-refractivity contribution in [1.29, 1.82) is 0 Å². The number of nitrogens with one attached hydrogen (secondary N) is 1. The Balaban J connectivity index is 2.58. The third-order valence-corrected chi connectivity index (χ3v) is 2.16. The fourth-order valence-corrected chi connectivity index (χ4v) is 1.23. The summed E-state index contributed by atoms with van der Waals surface area (Å²) < 4.78 is 0. The maximum Gasteiger partial charge on any atom is 0.307 e. The van der Waals surface area contributed by atoms with Gasteiger partial charge in [0.25, 0.3) is 0 Å². The zero-order valence-corrected chi connectivity index (χ0v) is 9.78. The largest absolute Gasteiger partial charge is 0.481 e. The summed E-state index contributed by atoms with van der Waals surface area (Å²) in [5, 5.41) is 11.1. The van der Waals surface area contributed by atoms with Gasteiger partial charge in [0.2, 0.25) is 5.91 Å². The molecule has 1 rings (SSSR count). The van der Waals surface area contributed by atoms with Crippen LogP contribution in [-0.4, -0.2) is 22.9 Å². The van der Waals surface area contributed by atoms with Crippen LogP contribution >= 0.6 is 11.6 Å². The third kappa shape index (κ3) is 5.17. The molecular formula is C12H12ClNO3. The SMILES string of the molecule is O=C(O)CC=Cc1ccc(NC(=O)CCl)cc1. The number of halogens is 1. The van der Waals surface area contributed by atoms with Gasteiger partial charge in [-0.2, -0.15) is 0 Å². The van der Waals surface area contributed by atoms with Gasteiger partial charge in [0.1, 0.15) is 5.88 Å². The van der Waals surface area contributed by atoms with Crippen molar-refractivity contribution in [3.8, 4) is 0 Å². The molecule has 0 saturated carbocycles. The number of carboxylic acids is 1. The molecule has 0 spiro atoms. The number of amides is 1. The highest BCUT2D eigenvalue weighted by Gasteiger charge is 1.98. The number of hydrogen-bond acceptors (Lipinski definition) is 2. The number of carbonyl (C=O) groups is 2. The molecule has 4 nitrogen and oxygen atoms in total. The summed E-state index contributed by atoms with van der Waals surface area (Å²) in [4.78, 5) is 21.3. The van der Waals surface area contributed by atoms with Crippen molar-refractivity contribution in [3.05, 3.63) is 35.9 Å². The van der Waals surface area contributed by atoms with Crippen molar-refractivity contribution in [2.24, 2.45) is 0 Å². The highest BCUT2D eigenvalue weighted by molar-refractivity contribution is 6.29. The highest BCUT2D eigenvalue weighted by atomic mass is 35.5. The normalized spacial score (nSPS) is 10.4. The van der Waals surface area contributed by atoms with Gasteiger partial charge in [0, 0.05) is 5.69 Å². The summed E-state index contributed by atoms with van der Waals surface area (Å²) in [6.45, 7) is 0. The summed E-state index contributed by atoms with van der Waals surface area (Å²) in [5.41, 5.74) is 1.53. The molecular weight excluding hydrogens is 242 g/mol. The van der Waals surface area contributed by atoms with Gasteiger partial charge in [-0.05, 0) is 17.7 Å². The average Bonchev–Trinajstić information content (AvgIpc) is 2.31. The van der Waals surface area contributed by atoms with Gasteiger partial charge in [0.15, 0.2) is 0 Å². The van der Waals surface area contributed by atoms with Crippen LogP contribution in [0.2, 0.25) is 0 Å². The smallest absolute Gasteiger partial charge is 0.307 e. The van der Waals surface area contributed by atoms with Crippen molar-refractivity contribution >= 4 is 35.2 Å². The second kappa shape index (κ2) is 6.70. The summed E-state index contributed by atoms with van der Waals surface area (Å²) in [5.74, 6) is -1.21. The van der Waals surface area contributed by atoms with E-state index in [9.17, 15) is 9.59 Å². The number of benzene rings is 1. The highest BCUT2D eigenvalue weighted by Crippen LogP contribution is 2.11. The number of rotatable bonds is 5. The van der Waals surface area contributed by atoms with Gasteiger partial charge in [-0.25, -0.2) is 0 Å². The van der Waals surface area contributed by atoms with E-state index < -0.39 is 5.97 Å². The quantitative estimate of drug-likeness (QED) is 0.792. The molecule has 0 unspecified atom stereocenters. The Labute approximate surface area is 104 Å². The molecule has 0 aromatic heterocycles. The van der Waals surface area contributed by atoms with E-state index in [4.69, 9.17) is 16.7 Å². The molecule has 0 heterocycles. The summed E-state index contributed by atoms with van der Waals surface area (Å²) in [6.07, 6.45) is 3.26. The standard InChI is InChI=1S/C12H12ClNO3/c13-8-11(15)14-10-6-4-9(5-7-10)2-1-3-12(16)17/h1-2,4-7H,3,8H2,(H,14,15)(H,16,17). The molecule has 2 N–H and O–H groups in total. The number of carboxylic acid groups (broad SMARTS) is 1. The van der Waals surface area contributed by atoms with Crippen LogP contribution < -0.4 is 5.32 Å². The van der Waals surface area contributed by atoms with Gasteiger partial charge >= 0.3 is 5.97 Å². The van der Waals surface area contributed by atoms with Gasteiger partial charge in [-0.15, -0.1) is 11.6 Å². The lowest BCUT2D eigenvalue weighted by atomic mass is 10.2. The van der Waals surface area contributed by atoms with E-state index in [1.165, 1.54) is 0 Å². The van der Waals surface area contributed by atoms with Crippen molar-refractivity contribution in [3.63, 3.8) is 0 Å². The minimum absolute atomic E-state index is 0.00919. The van der Waals surface area contributed by atoms with E-state index in [1.807, 2.05) is 0 Å². The van der Waals surface area contributed by atoms with Crippen LogP contribution in [-0.2, 0) is 9.59 Å². The molecule has 1 aromatic carbocycles. The maximum absolute atomic E-state index is 11.0. The van der Waals surface area contributed by atoms with Gasteiger partial charge < -0.3 is 10.4 Å². The Bertz CT molecular complexity index is 426. The maximum atomic E-state index is 11.0. The molecule has 0 bridgehead atoms. The molecule has 0 aliphatic rings. The lowest BCUT2D eigenvalue weighted by Gasteiger charge is -2.02. The number of anilines is 1. The molecule has 17 heavy (non-hydrogen) atoms. The first-order valence-corrected chi connectivity index (χ1v) is 5.49. The number of carbonyl (C=O) groups excluding carboxylic acids is 1. The molecule has 0 aliphatic heterocycles. The second-order valence-corrected chi connectivity index (χ2v) is 3.57. The van der Waals surface area contributed by atoms with Crippen molar-refractivity contribution < 1.29 is 14.7 Å². The van der Waals surface area contributed by atoms with Crippen LogP contribution in [0.25, 0.3) is 6.08 Å². The fourth-order valence-electron chi connectivity index (χ4n) is 1.17. The third-order valence-electron chi connectivity index (χ3n) is 1.92.